The molecule has 23 heavy (non-hydrogen) atoms. The summed E-state index contributed by atoms with van der Waals surface area (Å²) in [7, 11) is 0. The zero-order chi connectivity index (χ0) is 14.9. The maximum Gasteiger partial charge on any atom is 0.170 e. The van der Waals surface area contributed by atoms with Gasteiger partial charge in [0.05, 0.1) is 11.0 Å². The maximum atomic E-state index is 6.27. The van der Waals surface area contributed by atoms with Gasteiger partial charge < -0.3 is 16.4 Å². The fourth-order valence-corrected chi connectivity index (χ4v) is 3.14. The zero-order valence-corrected chi connectivity index (χ0v) is 14.0. The highest BCUT2D eigenvalue weighted by atomic mass is 35.5. The van der Waals surface area contributed by atoms with Crippen LogP contribution in [0.15, 0.2) is 24.3 Å². The van der Waals surface area contributed by atoms with Gasteiger partial charge >= 0.3 is 0 Å². The molecule has 0 saturated heterocycles. The Morgan fingerprint density at radius 2 is 1.48 bits per heavy atom. The minimum absolute atomic E-state index is 0. The van der Waals surface area contributed by atoms with Crippen LogP contribution in [-0.4, -0.2) is 28.1 Å². The van der Waals surface area contributed by atoms with E-state index in [-0.39, 0.29) is 18.4 Å². The number of hydrogen-bond donors (Lipinski definition) is 3. The van der Waals surface area contributed by atoms with Crippen LogP contribution in [0.5, 0.6) is 0 Å². The quantitative estimate of drug-likeness (QED) is 0.800. The minimum Gasteiger partial charge on any atom is -0.364 e. The van der Waals surface area contributed by atoms with Crippen molar-refractivity contribution < 1.29 is 0 Å². The van der Waals surface area contributed by atoms with Gasteiger partial charge in [-0.15, -0.1) is 12.4 Å². The third kappa shape index (κ3) is 3.67. The average Bonchev–Trinajstić information content (AvgIpc) is 3.34. The smallest absolute Gasteiger partial charge is 0.170 e. The van der Waals surface area contributed by atoms with Crippen molar-refractivity contribution in [1.29, 1.82) is 0 Å². The van der Waals surface area contributed by atoms with Gasteiger partial charge in [0.1, 0.15) is 0 Å². The molecule has 1 heterocycles. The van der Waals surface area contributed by atoms with E-state index in [4.69, 9.17) is 15.7 Å². The van der Waals surface area contributed by atoms with Gasteiger partial charge in [0.25, 0.3) is 0 Å². The highest BCUT2D eigenvalue weighted by Crippen LogP contribution is 2.30. The normalized spacial score (nSPS) is 24.0. The van der Waals surface area contributed by atoms with Gasteiger partial charge in [0.15, 0.2) is 11.6 Å². The number of nitrogens with one attached hydrogen (secondary N) is 2. The highest BCUT2D eigenvalue weighted by molar-refractivity contribution is 5.85. The number of aromatic nitrogens is 2. The molecule has 2 saturated carbocycles. The van der Waals surface area contributed by atoms with Crippen molar-refractivity contribution in [2.75, 3.05) is 10.6 Å². The molecule has 2 aromatic rings. The van der Waals surface area contributed by atoms with Crippen LogP contribution in [0.25, 0.3) is 11.0 Å². The number of hydrogen-bond acceptors (Lipinski definition) is 5. The summed E-state index contributed by atoms with van der Waals surface area (Å²) < 4.78 is 0. The molecule has 1 aromatic heterocycles. The van der Waals surface area contributed by atoms with Crippen molar-refractivity contribution in [2.45, 2.75) is 56.7 Å². The Bertz CT molecular complexity index is 673. The van der Waals surface area contributed by atoms with Crippen molar-refractivity contribution in [3.05, 3.63) is 24.3 Å². The first kappa shape index (κ1) is 16.3. The summed E-state index contributed by atoms with van der Waals surface area (Å²) in [5, 5.41) is 7.07. The molecule has 1 aromatic carbocycles. The molecule has 2 aliphatic rings. The predicted molar refractivity (Wildman–Crippen MR) is 97.3 cm³/mol. The highest BCUT2D eigenvalue weighted by Gasteiger charge is 2.26. The first-order chi connectivity index (χ1) is 10.8. The fraction of sp³-hybridized carbons (Fsp3) is 0.529. The number of anilines is 2. The number of rotatable bonds is 4. The number of nitrogens with two attached hydrogens (primary N) is 1. The molecular weight excluding hydrogens is 310 g/mol. The van der Waals surface area contributed by atoms with Crippen molar-refractivity contribution >= 4 is 35.1 Å². The molecule has 2 unspecified atom stereocenters. The molecule has 0 bridgehead atoms. The molecular formula is C17H24ClN5. The third-order valence-electron chi connectivity index (χ3n) is 4.63. The molecule has 2 aliphatic carbocycles. The predicted octanol–water partition coefficient (Wildman–Crippen LogP) is 3.31. The van der Waals surface area contributed by atoms with E-state index < -0.39 is 0 Å². The second-order valence-electron chi connectivity index (χ2n) is 6.53. The van der Waals surface area contributed by atoms with Crippen LogP contribution in [0, 0.1) is 0 Å². The van der Waals surface area contributed by atoms with Gasteiger partial charge in [0.2, 0.25) is 0 Å². The Morgan fingerprint density at radius 1 is 0.870 bits per heavy atom. The summed E-state index contributed by atoms with van der Waals surface area (Å²) in [5.74, 6) is 1.73. The topological polar surface area (TPSA) is 75.9 Å². The SMILES string of the molecule is Cl.NC1CCCCC1Nc1nc2ccccc2nc1NC1CC1. The Balaban J connectivity index is 0.00000156. The third-order valence-corrected chi connectivity index (χ3v) is 4.63. The first-order valence-electron chi connectivity index (χ1n) is 8.35. The lowest BCUT2D eigenvalue weighted by Gasteiger charge is -2.30. The maximum absolute atomic E-state index is 6.27. The molecule has 6 heteroatoms. The summed E-state index contributed by atoms with van der Waals surface area (Å²) in [6.45, 7) is 0. The van der Waals surface area contributed by atoms with E-state index in [0.717, 1.165) is 35.5 Å². The van der Waals surface area contributed by atoms with Gasteiger partial charge in [-0.25, -0.2) is 9.97 Å². The van der Waals surface area contributed by atoms with Gasteiger partial charge in [-0.2, -0.15) is 0 Å². The van der Waals surface area contributed by atoms with Crippen LogP contribution < -0.4 is 16.4 Å². The lowest BCUT2D eigenvalue weighted by atomic mass is 9.91. The lowest BCUT2D eigenvalue weighted by Crippen LogP contribution is -2.43. The van der Waals surface area contributed by atoms with Crippen molar-refractivity contribution in [3.63, 3.8) is 0 Å². The van der Waals surface area contributed by atoms with E-state index in [9.17, 15) is 0 Å². The molecule has 0 radical (unpaired) electrons. The van der Waals surface area contributed by atoms with E-state index in [2.05, 4.69) is 10.6 Å². The molecule has 0 spiro atoms. The fourth-order valence-electron chi connectivity index (χ4n) is 3.14. The average molecular weight is 334 g/mol. The molecule has 0 amide bonds. The van der Waals surface area contributed by atoms with Gasteiger partial charge in [0, 0.05) is 18.1 Å². The molecule has 4 N–H and O–H groups in total. The molecule has 124 valence electrons. The summed E-state index contributed by atoms with van der Waals surface area (Å²) in [6.07, 6.45) is 7.10. The molecule has 5 nitrogen and oxygen atoms in total. The molecule has 2 atom stereocenters. The number of benzene rings is 1. The number of para-hydroxylation sites is 2. The lowest BCUT2D eigenvalue weighted by molar-refractivity contribution is 0.403. The zero-order valence-electron chi connectivity index (χ0n) is 13.2. The monoisotopic (exact) mass is 333 g/mol. The van der Waals surface area contributed by atoms with Crippen molar-refractivity contribution in [2.24, 2.45) is 5.73 Å². The van der Waals surface area contributed by atoms with E-state index in [0.29, 0.717) is 12.1 Å². The second-order valence-corrected chi connectivity index (χ2v) is 6.53. The summed E-state index contributed by atoms with van der Waals surface area (Å²) >= 11 is 0. The Hall–Kier alpha value is -1.59. The number of fused-ring (bicyclic) bond motifs is 1. The molecule has 4 rings (SSSR count). The second kappa shape index (κ2) is 6.89. The van der Waals surface area contributed by atoms with E-state index >= 15 is 0 Å². The standard InChI is InChI=1S/C17H23N5.ClH/c18-12-5-1-2-6-13(12)20-17-16(19-11-9-10-11)21-14-7-3-4-8-15(14)22-17;/h3-4,7-8,11-13H,1-2,5-6,9-10,18H2,(H,19,21)(H,20,22);1H. The summed E-state index contributed by atoms with van der Waals surface area (Å²) in [5.41, 5.74) is 8.13. The largest absolute Gasteiger partial charge is 0.364 e. The Morgan fingerprint density at radius 3 is 2.09 bits per heavy atom. The van der Waals surface area contributed by atoms with Crippen LogP contribution in [0.4, 0.5) is 11.6 Å². The van der Waals surface area contributed by atoms with Gasteiger partial charge in [-0.3, -0.25) is 0 Å². The van der Waals surface area contributed by atoms with E-state index in [1.54, 1.807) is 0 Å². The minimum atomic E-state index is 0. The van der Waals surface area contributed by atoms with Gasteiger partial charge in [-0.05, 0) is 37.8 Å². The van der Waals surface area contributed by atoms with E-state index in [1.165, 1.54) is 25.7 Å². The number of nitrogens with zero attached hydrogens (tertiary/aromatic N) is 2. The Kier molecular flexibility index (Phi) is 4.87. The molecule has 0 aliphatic heterocycles. The first-order valence-corrected chi connectivity index (χ1v) is 8.35. The summed E-state index contributed by atoms with van der Waals surface area (Å²) in [6, 6.07) is 9.07. The van der Waals surface area contributed by atoms with Crippen LogP contribution >= 0.6 is 12.4 Å². The van der Waals surface area contributed by atoms with E-state index in [1.807, 2.05) is 24.3 Å². The Labute approximate surface area is 142 Å². The van der Waals surface area contributed by atoms with Crippen LogP contribution in [0.1, 0.15) is 38.5 Å². The van der Waals surface area contributed by atoms with Crippen molar-refractivity contribution in [1.82, 2.24) is 9.97 Å². The van der Waals surface area contributed by atoms with Crippen LogP contribution in [0.2, 0.25) is 0 Å². The summed E-state index contributed by atoms with van der Waals surface area (Å²) in [4.78, 5) is 9.56. The van der Waals surface area contributed by atoms with Gasteiger partial charge in [-0.1, -0.05) is 25.0 Å². The number of halogens is 1. The van der Waals surface area contributed by atoms with Crippen LogP contribution in [-0.2, 0) is 0 Å². The molecule has 2 fully saturated rings. The van der Waals surface area contributed by atoms with Crippen molar-refractivity contribution in [3.8, 4) is 0 Å². The van der Waals surface area contributed by atoms with Crippen LogP contribution in [0.3, 0.4) is 0 Å².